The number of hydrogen-bond acceptors (Lipinski definition) is 5. The number of carbonyl (C=O) groups is 2. The number of nitrogens with one attached hydrogen (secondary N) is 1. The molecule has 0 spiro atoms. The molecule has 0 radical (unpaired) electrons. The predicted molar refractivity (Wildman–Crippen MR) is 64.3 cm³/mol. The molecule has 0 aliphatic rings. The molecule has 1 aromatic rings. The van der Waals surface area contributed by atoms with E-state index < -0.39 is 35.7 Å². The van der Waals surface area contributed by atoms with Crippen LogP contribution in [0.2, 0.25) is 0 Å². The third kappa shape index (κ3) is 3.28. The number of carbonyl (C=O) groups excluding carboxylic acids is 2. The van der Waals surface area contributed by atoms with E-state index in [9.17, 15) is 18.4 Å². The molecule has 20 heavy (non-hydrogen) atoms. The molecular weight excluding hydrogens is 274 g/mol. The Labute approximate surface area is 114 Å². The van der Waals surface area contributed by atoms with Gasteiger partial charge in [0.15, 0.2) is 5.69 Å². The second-order valence-electron chi connectivity index (χ2n) is 3.86. The molecule has 0 fully saturated rings. The molecule has 0 aliphatic carbocycles. The monoisotopic (exact) mass is 290 g/mol. The highest BCUT2D eigenvalue weighted by Gasteiger charge is 2.31. The number of nitrogens with zero attached hydrogens (tertiary/aromatic N) is 3. The molecule has 1 atom stereocenters. The summed E-state index contributed by atoms with van der Waals surface area (Å²) in [5, 5.41) is 9.35. The van der Waals surface area contributed by atoms with E-state index in [-0.39, 0.29) is 6.61 Å². The van der Waals surface area contributed by atoms with Gasteiger partial charge in [0, 0.05) is 6.54 Å². The molecule has 1 aromatic heterocycles. The van der Waals surface area contributed by atoms with E-state index in [2.05, 4.69) is 20.4 Å². The number of aromatic nitrogens is 3. The Bertz CT molecular complexity index is 490. The van der Waals surface area contributed by atoms with Crippen LogP contribution >= 0.6 is 0 Å². The van der Waals surface area contributed by atoms with Gasteiger partial charge in [-0.05, 0) is 20.8 Å². The highest BCUT2D eigenvalue weighted by Crippen LogP contribution is 2.24. The molecule has 0 aliphatic heterocycles. The average molecular weight is 290 g/mol. The summed E-state index contributed by atoms with van der Waals surface area (Å²) in [6.07, 6.45) is -3.00. The van der Waals surface area contributed by atoms with Crippen molar-refractivity contribution in [3.05, 3.63) is 11.4 Å². The quantitative estimate of drug-likeness (QED) is 0.793. The van der Waals surface area contributed by atoms with Gasteiger partial charge in [-0.3, -0.25) is 4.79 Å². The number of hydrogen-bond donors (Lipinski definition) is 1. The Morgan fingerprint density at radius 3 is 2.55 bits per heavy atom. The number of ether oxygens (including phenoxy) is 1. The lowest BCUT2D eigenvalue weighted by Gasteiger charge is -2.14. The lowest BCUT2D eigenvalue weighted by molar-refractivity contribution is -0.124. The summed E-state index contributed by atoms with van der Waals surface area (Å²) in [5.41, 5.74) is -1.29. The van der Waals surface area contributed by atoms with Crippen molar-refractivity contribution < 1.29 is 23.1 Å². The van der Waals surface area contributed by atoms with Gasteiger partial charge in [-0.2, -0.15) is 0 Å². The predicted octanol–water partition coefficient (Wildman–Crippen LogP) is 1.09. The fourth-order valence-corrected chi connectivity index (χ4v) is 1.57. The fourth-order valence-electron chi connectivity index (χ4n) is 1.57. The largest absolute Gasteiger partial charge is 0.461 e. The average Bonchev–Trinajstić information content (AvgIpc) is 2.83. The van der Waals surface area contributed by atoms with Crippen molar-refractivity contribution in [1.82, 2.24) is 20.3 Å². The van der Waals surface area contributed by atoms with E-state index in [0.29, 0.717) is 6.54 Å². The molecule has 1 amide bonds. The van der Waals surface area contributed by atoms with Crippen molar-refractivity contribution in [2.24, 2.45) is 0 Å². The zero-order valence-electron chi connectivity index (χ0n) is 11.4. The summed E-state index contributed by atoms with van der Waals surface area (Å²) in [5.74, 6) is -1.48. The maximum atomic E-state index is 13.1. The molecule has 0 aromatic carbocycles. The lowest BCUT2D eigenvalue weighted by atomic mass is 10.2. The van der Waals surface area contributed by atoms with Crippen molar-refractivity contribution in [3.63, 3.8) is 0 Å². The SMILES string of the molecule is CCNC(=O)C(C)n1nnc(C(=O)OCC)c1C(F)F. The van der Waals surface area contributed by atoms with Gasteiger partial charge >= 0.3 is 5.97 Å². The number of halogens is 2. The summed E-state index contributed by atoms with van der Waals surface area (Å²) in [6.45, 7) is 5.01. The topological polar surface area (TPSA) is 86.1 Å². The maximum Gasteiger partial charge on any atom is 0.361 e. The third-order valence-electron chi connectivity index (χ3n) is 2.50. The van der Waals surface area contributed by atoms with Crippen molar-refractivity contribution >= 4 is 11.9 Å². The van der Waals surface area contributed by atoms with Crippen molar-refractivity contribution in [2.45, 2.75) is 33.2 Å². The van der Waals surface area contributed by atoms with Gasteiger partial charge in [0.1, 0.15) is 11.7 Å². The van der Waals surface area contributed by atoms with Crippen LogP contribution in [0.3, 0.4) is 0 Å². The minimum absolute atomic E-state index is 0.0280. The van der Waals surface area contributed by atoms with Crippen molar-refractivity contribution in [3.8, 4) is 0 Å². The second-order valence-corrected chi connectivity index (χ2v) is 3.86. The van der Waals surface area contributed by atoms with Gasteiger partial charge < -0.3 is 10.1 Å². The summed E-state index contributed by atoms with van der Waals surface area (Å²) in [6, 6.07) is -1.00. The van der Waals surface area contributed by atoms with Gasteiger partial charge in [-0.25, -0.2) is 18.3 Å². The first-order chi connectivity index (χ1) is 9.43. The van der Waals surface area contributed by atoms with Gasteiger partial charge in [0.25, 0.3) is 6.43 Å². The van der Waals surface area contributed by atoms with Gasteiger partial charge in [0.05, 0.1) is 6.61 Å². The second kappa shape index (κ2) is 6.92. The third-order valence-corrected chi connectivity index (χ3v) is 2.50. The zero-order valence-corrected chi connectivity index (χ0v) is 11.4. The van der Waals surface area contributed by atoms with Crippen LogP contribution < -0.4 is 5.32 Å². The Morgan fingerprint density at radius 2 is 2.05 bits per heavy atom. The number of esters is 1. The number of likely N-dealkylation sites (N-methyl/N-ethyl adjacent to an activating group) is 1. The van der Waals surface area contributed by atoms with Crippen molar-refractivity contribution in [2.75, 3.05) is 13.2 Å². The van der Waals surface area contributed by atoms with Crippen LogP contribution in [-0.4, -0.2) is 40.0 Å². The molecule has 7 nitrogen and oxygen atoms in total. The number of alkyl halides is 2. The van der Waals surface area contributed by atoms with Crippen LogP contribution in [0.5, 0.6) is 0 Å². The molecule has 9 heteroatoms. The number of amides is 1. The van der Waals surface area contributed by atoms with E-state index in [4.69, 9.17) is 0 Å². The van der Waals surface area contributed by atoms with Gasteiger partial charge in [0.2, 0.25) is 5.91 Å². The molecular formula is C11H16F2N4O3. The van der Waals surface area contributed by atoms with E-state index in [1.54, 1.807) is 13.8 Å². The van der Waals surface area contributed by atoms with Gasteiger partial charge in [-0.15, -0.1) is 5.10 Å². The van der Waals surface area contributed by atoms with E-state index >= 15 is 0 Å². The van der Waals surface area contributed by atoms with Crippen molar-refractivity contribution in [1.29, 1.82) is 0 Å². The Hall–Kier alpha value is -2.06. The Morgan fingerprint density at radius 1 is 1.40 bits per heavy atom. The number of rotatable bonds is 6. The molecule has 1 unspecified atom stereocenters. The van der Waals surface area contributed by atoms with Crippen LogP contribution in [0.25, 0.3) is 0 Å². The lowest BCUT2D eigenvalue weighted by Crippen LogP contribution is -2.32. The minimum atomic E-state index is -3.00. The first kappa shape index (κ1) is 16.0. The highest BCUT2D eigenvalue weighted by atomic mass is 19.3. The van der Waals surface area contributed by atoms with Crippen LogP contribution in [0.15, 0.2) is 0 Å². The molecule has 112 valence electrons. The van der Waals surface area contributed by atoms with E-state index in [1.165, 1.54) is 6.92 Å². The summed E-state index contributed by atoms with van der Waals surface area (Å²) in [7, 11) is 0. The minimum Gasteiger partial charge on any atom is -0.461 e. The fraction of sp³-hybridized carbons (Fsp3) is 0.636. The van der Waals surface area contributed by atoms with E-state index in [0.717, 1.165) is 4.68 Å². The standard InChI is InChI=1S/C11H16F2N4O3/c1-4-14-10(18)6(3)17-8(9(12)13)7(15-16-17)11(19)20-5-2/h6,9H,4-5H2,1-3H3,(H,14,18). The van der Waals surface area contributed by atoms with E-state index in [1.807, 2.05) is 0 Å². The van der Waals surface area contributed by atoms with Crippen LogP contribution in [0.4, 0.5) is 8.78 Å². The zero-order chi connectivity index (χ0) is 15.3. The van der Waals surface area contributed by atoms with Crippen LogP contribution in [-0.2, 0) is 9.53 Å². The highest BCUT2D eigenvalue weighted by molar-refractivity contribution is 5.88. The first-order valence-corrected chi connectivity index (χ1v) is 6.12. The Balaban J connectivity index is 3.15. The van der Waals surface area contributed by atoms with Crippen LogP contribution in [0.1, 0.15) is 49.4 Å². The summed E-state index contributed by atoms with van der Waals surface area (Å²) < 4.78 is 31.6. The first-order valence-electron chi connectivity index (χ1n) is 6.12. The molecule has 1 N–H and O–H groups in total. The molecule has 0 saturated carbocycles. The molecule has 0 bridgehead atoms. The normalized spacial score (nSPS) is 12.3. The Kier molecular flexibility index (Phi) is 5.53. The summed E-state index contributed by atoms with van der Waals surface area (Å²) in [4.78, 5) is 23.2. The summed E-state index contributed by atoms with van der Waals surface area (Å²) >= 11 is 0. The molecule has 0 saturated heterocycles. The maximum absolute atomic E-state index is 13.1. The molecule has 1 heterocycles. The van der Waals surface area contributed by atoms with Crippen LogP contribution in [0, 0.1) is 0 Å². The van der Waals surface area contributed by atoms with Gasteiger partial charge in [-0.1, -0.05) is 5.21 Å². The molecule has 1 rings (SSSR count). The smallest absolute Gasteiger partial charge is 0.361 e.